The van der Waals surface area contributed by atoms with E-state index >= 15 is 0 Å². The average molecular weight is 416 g/mol. The lowest BCUT2D eigenvalue weighted by molar-refractivity contribution is 0.350. The summed E-state index contributed by atoms with van der Waals surface area (Å²) in [7, 11) is 0. The lowest BCUT2D eigenvalue weighted by atomic mass is 10.1. The van der Waals surface area contributed by atoms with Gasteiger partial charge in [0, 0.05) is 35.9 Å². The predicted molar refractivity (Wildman–Crippen MR) is 121 cm³/mol. The standard InChI is InChI=1S/C23H21N5OS/c24-19(13-16-5-2-1-3-6-16)14-26-23-21-20(18(15-30-21)7-4-12-29)27-22(28-23)17-8-10-25-11-9-17/h1-3,5-6,8-11,15,19,29H,12-14,24H2,(H,26,27,28)/t19-/m1/s1. The monoisotopic (exact) mass is 415 g/mol. The van der Waals surface area contributed by atoms with Crippen molar-refractivity contribution in [3.63, 3.8) is 0 Å². The summed E-state index contributed by atoms with van der Waals surface area (Å²) >= 11 is 1.53. The van der Waals surface area contributed by atoms with Gasteiger partial charge in [0.25, 0.3) is 0 Å². The van der Waals surface area contributed by atoms with Crippen LogP contribution in [0.25, 0.3) is 21.6 Å². The second kappa shape index (κ2) is 9.46. The number of benzene rings is 1. The number of anilines is 1. The SMILES string of the molecule is N[C@@H](CNc1nc(-c2ccncc2)nc2c(C#CCO)csc12)Cc1ccccc1. The van der Waals surface area contributed by atoms with Gasteiger partial charge in [-0.15, -0.1) is 11.3 Å². The summed E-state index contributed by atoms with van der Waals surface area (Å²) in [6, 6.07) is 13.9. The fourth-order valence-corrected chi connectivity index (χ4v) is 4.01. The number of nitrogens with zero attached hydrogens (tertiary/aromatic N) is 3. The predicted octanol–water partition coefficient (Wildman–Crippen LogP) is 3.08. The maximum atomic E-state index is 9.05. The molecule has 0 saturated heterocycles. The zero-order chi connectivity index (χ0) is 20.8. The summed E-state index contributed by atoms with van der Waals surface area (Å²) in [6.07, 6.45) is 4.20. The van der Waals surface area contributed by atoms with E-state index in [1.54, 1.807) is 12.4 Å². The van der Waals surface area contributed by atoms with Gasteiger partial charge in [0.05, 0.1) is 10.3 Å². The molecule has 0 saturated carbocycles. The van der Waals surface area contributed by atoms with Gasteiger partial charge in [-0.2, -0.15) is 0 Å². The van der Waals surface area contributed by atoms with E-state index in [0.29, 0.717) is 12.4 Å². The van der Waals surface area contributed by atoms with Gasteiger partial charge < -0.3 is 16.2 Å². The average Bonchev–Trinajstić information content (AvgIpc) is 3.20. The molecule has 1 aromatic carbocycles. The van der Waals surface area contributed by atoms with Crippen LogP contribution >= 0.6 is 11.3 Å². The fraction of sp³-hybridized carbons (Fsp3) is 0.174. The maximum absolute atomic E-state index is 9.05. The molecule has 0 aliphatic rings. The second-order valence-electron chi connectivity index (χ2n) is 6.75. The van der Waals surface area contributed by atoms with Gasteiger partial charge in [-0.05, 0) is 24.1 Å². The van der Waals surface area contributed by atoms with E-state index in [9.17, 15) is 0 Å². The third kappa shape index (κ3) is 4.63. The number of aromatic nitrogens is 3. The number of thiophene rings is 1. The number of rotatable bonds is 6. The van der Waals surface area contributed by atoms with Gasteiger partial charge in [-0.25, -0.2) is 9.97 Å². The Morgan fingerprint density at radius 1 is 1.10 bits per heavy atom. The summed E-state index contributed by atoms with van der Waals surface area (Å²) in [5.74, 6) is 7.00. The molecule has 3 heterocycles. The van der Waals surface area contributed by atoms with Crippen molar-refractivity contribution in [2.24, 2.45) is 5.73 Å². The largest absolute Gasteiger partial charge is 0.384 e. The molecule has 150 valence electrons. The molecule has 0 spiro atoms. The quantitative estimate of drug-likeness (QED) is 0.419. The van der Waals surface area contributed by atoms with Crippen LogP contribution in [-0.2, 0) is 6.42 Å². The van der Waals surface area contributed by atoms with E-state index in [2.05, 4.69) is 34.3 Å². The van der Waals surface area contributed by atoms with Crippen molar-refractivity contribution in [2.75, 3.05) is 18.5 Å². The number of hydrogen-bond donors (Lipinski definition) is 3. The lowest BCUT2D eigenvalue weighted by Gasteiger charge is -2.14. The van der Waals surface area contributed by atoms with E-state index < -0.39 is 0 Å². The number of aliphatic hydroxyl groups excluding tert-OH is 1. The van der Waals surface area contributed by atoms with Crippen LogP contribution in [0.15, 0.2) is 60.2 Å². The Morgan fingerprint density at radius 3 is 2.67 bits per heavy atom. The molecule has 7 heteroatoms. The van der Waals surface area contributed by atoms with Gasteiger partial charge in [-0.1, -0.05) is 42.2 Å². The molecular weight excluding hydrogens is 394 g/mol. The van der Waals surface area contributed by atoms with Crippen LogP contribution in [0.4, 0.5) is 5.82 Å². The van der Waals surface area contributed by atoms with E-state index in [1.165, 1.54) is 16.9 Å². The van der Waals surface area contributed by atoms with Gasteiger partial charge in [0.15, 0.2) is 5.82 Å². The molecule has 4 rings (SSSR count). The minimum atomic E-state index is -0.195. The first-order valence-corrected chi connectivity index (χ1v) is 10.5. The zero-order valence-electron chi connectivity index (χ0n) is 16.2. The summed E-state index contributed by atoms with van der Waals surface area (Å²) in [6.45, 7) is 0.380. The number of nitrogens with one attached hydrogen (secondary N) is 1. The van der Waals surface area contributed by atoms with Crippen molar-refractivity contribution in [1.82, 2.24) is 15.0 Å². The molecule has 0 radical (unpaired) electrons. The first-order chi connectivity index (χ1) is 14.7. The lowest BCUT2D eigenvalue weighted by Crippen LogP contribution is -2.31. The van der Waals surface area contributed by atoms with Crippen molar-refractivity contribution in [3.8, 4) is 23.2 Å². The molecule has 6 nitrogen and oxygen atoms in total. The molecule has 0 unspecified atom stereocenters. The Bertz CT molecular complexity index is 1180. The molecule has 4 aromatic rings. The molecule has 0 fully saturated rings. The summed E-state index contributed by atoms with van der Waals surface area (Å²) in [4.78, 5) is 13.5. The number of nitrogens with two attached hydrogens (primary N) is 1. The van der Waals surface area contributed by atoms with Crippen LogP contribution in [-0.4, -0.2) is 39.3 Å². The highest BCUT2D eigenvalue weighted by atomic mass is 32.1. The van der Waals surface area contributed by atoms with Crippen molar-refractivity contribution in [2.45, 2.75) is 12.5 Å². The number of pyridine rings is 1. The van der Waals surface area contributed by atoms with E-state index in [4.69, 9.17) is 20.8 Å². The zero-order valence-corrected chi connectivity index (χ0v) is 17.1. The second-order valence-corrected chi connectivity index (χ2v) is 7.63. The molecule has 0 aliphatic heterocycles. The highest BCUT2D eigenvalue weighted by Gasteiger charge is 2.15. The van der Waals surface area contributed by atoms with Crippen LogP contribution < -0.4 is 11.1 Å². The van der Waals surface area contributed by atoms with Gasteiger partial charge >= 0.3 is 0 Å². The number of aliphatic hydroxyl groups is 1. The fourth-order valence-electron chi connectivity index (χ4n) is 3.11. The van der Waals surface area contributed by atoms with Crippen LogP contribution in [0.1, 0.15) is 11.1 Å². The molecule has 1 atom stereocenters. The van der Waals surface area contributed by atoms with Crippen molar-refractivity contribution >= 4 is 27.4 Å². The maximum Gasteiger partial charge on any atom is 0.162 e. The summed E-state index contributed by atoms with van der Waals surface area (Å²) in [5.41, 5.74) is 9.97. The van der Waals surface area contributed by atoms with Crippen LogP contribution in [0.3, 0.4) is 0 Å². The normalized spacial score (nSPS) is 11.7. The topological polar surface area (TPSA) is 97.0 Å². The molecule has 0 amide bonds. The van der Waals surface area contributed by atoms with E-state index in [0.717, 1.165) is 33.6 Å². The van der Waals surface area contributed by atoms with Crippen LogP contribution in [0.5, 0.6) is 0 Å². The van der Waals surface area contributed by atoms with E-state index in [-0.39, 0.29) is 12.6 Å². The number of hydrogen-bond acceptors (Lipinski definition) is 7. The first kappa shape index (κ1) is 20.0. The van der Waals surface area contributed by atoms with Crippen molar-refractivity contribution in [3.05, 3.63) is 71.4 Å². The first-order valence-electron chi connectivity index (χ1n) is 9.57. The summed E-state index contributed by atoms with van der Waals surface area (Å²) < 4.78 is 0.918. The Balaban J connectivity index is 1.64. The minimum Gasteiger partial charge on any atom is -0.384 e. The number of fused-ring (bicyclic) bond motifs is 1. The summed E-state index contributed by atoms with van der Waals surface area (Å²) in [5, 5.41) is 14.4. The van der Waals surface area contributed by atoms with Gasteiger partial charge in [-0.3, -0.25) is 4.98 Å². The molecule has 3 aromatic heterocycles. The Labute approximate surface area is 178 Å². The Hall–Kier alpha value is -3.31. The van der Waals surface area contributed by atoms with Gasteiger partial charge in [0.2, 0.25) is 0 Å². The van der Waals surface area contributed by atoms with E-state index in [1.807, 2.05) is 35.7 Å². The van der Waals surface area contributed by atoms with Crippen molar-refractivity contribution < 1.29 is 5.11 Å². The van der Waals surface area contributed by atoms with Crippen molar-refractivity contribution in [1.29, 1.82) is 0 Å². The molecule has 30 heavy (non-hydrogen) atoms. The highest BCUT2D eigenvalue weighted by molar-refractivity contribution is 7.18. The third-order valence-corrected chi connectivity index (χ3v) is 5.50. The molecule has 0 aliphatic carbocycles. The van der Waals surface area contributed by atoms with Crippen LogP contribution in [0, 0.1) is 11.8 Å². The Morgan fingerprint density at radius 2 is 1.90 bits per heavy atom. The Kier molecular flexibility index (Phi) is 6.30. The minimum absolute atomic E-state index is 0.0598. The molecule has 4 N–H and O–H groups in total. The highest BCUT2D eigenvalue weighted by Crippen LogP contribution is 2.32. The molecular formula is C23H21N5OS. The van der Waals surface area contributed by atoms with Crippen LogP contribution in [0.2, 0.25) is 0 Å². The smallest absolute Gasteiger partial charge is 0.162 e. The third-order valence-electron chi connectivity index (χ3n) is 4.53. The van der Waals surface area contributed by atoms with Gasteiger partial charge in [0.1, 0.15) is 17.9 Å². The molecule has 0 bridgehead atoms.